The molecule has 0 radical (unpaired) electrons. The van der Waals surface area contributed by atoms with Crippen molar-refractivity contribution >= 4 is 0 Å². The molecule has 0 fully saturated rings. The molecule has 16 heavy (non-hydrogen) atoms. The first-order valence-corrected chi connectivity index (χ1v) is 6.25. The van der Waals surface area contributed by atoms with E-state index in [-0.39, 0.29) is 0 Å². The van der Waals surface area contributed by atoms with Gasteiger partial charge in [0.05, 0.1) is 0 Å². The zero-order valence-electron chi connectivity index (χ0n) is 10.3. The molecule has 86 valence electrons. The average Bonchev–Trinajstić information content (AvgIpc) is 2.67. The van der Waals surface area contributed by atoms with Crippen molar-refractivity contribution in [1.82, 2.24) is 5.32 Å². The lowest BCUT2D eigenvalue weighted by Gasteiger charge is -2.13. The second kappa shape index (κ2) is 5.31. The molecule has 1 aliphatic carbocycles. The monoisotopic (exact) mass is 215 g/mol. The number of hydrogen-bond donors (Lipinski definition) is 1. The van der Waals surface area contributed by atoms with E-state index in [1.54, 1.807) is 5.56 Å². The Morgan fingerprint density at radius 1 is 1.44 bits per heavy atom. The van der Waals surface area contributed by atoms with Gasteiger partial charge in [-0.1, -0.05) is 35.9 Å². The van der Waals surface area contributed by atoms with Crippen LogP contribution in [0.1, 0.15) is 42.5 Å². The van der Waals surface area contributed by atoms with Crippen molar-refractivity contribution < 1.29 is 0 Å². The normalized spacial score (nSPS) is 19.2. The van der Waals surface area contributed by atoms with Crippen LogP contribution in [0, 0.1) is 6.92 Å². The zero-order chi connectivity index (χ0) is 11.4. The van der Waals surface area contributed by atoms with Crippen molar-refractivity contribution in [3.05, 3.63) is 47.0 Å². The van der Waals surface area contributed by atoms with Crippen LogP contribution in [-0.4, -0.2) is 6.54 Å². The van der Waals surface area contributed by atoms with E-state index in [4.69, 9.17) is 0 Å². The number of aryl methyl sites for hydroxylation is 2. The Hall–Kier alpha value is -1.08. The summed E-state index contributed by atoms with van der Waals surface area (Å²) in [6.45, 7) is 5.34. The summed E-state index contributed by atoms with van der Waals surface area (Å²) in [5.74, 6) is 0. The third-order valence-corrected chi connectivity index (χ3v) is 3.31. The largest absolute Gasteiger partial charge is 0.310 e. The van der Waals surface area contributed by atoms with Gasteiger partial charge in [-0.05, 0) is 50.8 Å². The topological polar surface area (TPSA) is 12.0 Å². The van der Waals surface area contributed by atoms with Crippen LogP contribution >= 0.6 is 0 Å². The summed E-state index contributed by atoms with van der Waals surface area (Å²) in [6.07, 6.45) is 7.97. The average molecular weight is 215 g/mol. The molecular weight excluding hydrogens is 194 g/mol. The Bertz CT molecular complexity index is 379. The molecule has 0 aliphatic heterocycles. The number of nitrogens with one attached hydrogen (secondary N) is 1. The summed E-state index contributed by atoms with van der Waals surface area (Å²) in [4.78, 5) is 0. The van der Waals surface area contributed by atoms with Crippen molar-refractivity contribution in [2.75, 3.05) is 6.54 Å². The van der Waals surface area contributed by atoms with Gasteiger partial charge >= 0.3 is 0 Å². The van der Waals surface area contributed by atoms with E-state index in [0.717, 1.165) is 13.0 Å². The van der Waals surface area contributed by atoms with Crippen molar-refractivity contribution in [1.29, 1.82) is 0 Å². The molecular formula is C15H21N. The fourth-order valence-corrected chi connectivity index (χ4v) is 2.47. The first-order chi connectivity index (χ1) is 7.81. The Kier molecular flexibility index (Phi) is 3.79. The third-order valence-electron chi connectivity index (χ3n) is 3.31. The maximum absolute atomic E-state index is 3.64. The second-order valence-electron chi connectivity index (χ2n) is 4.61. The molecule has 1 aliphatic rings. The number of fused-ring (bicyclic) bond motifs is 1. The van der Waals surface area contributed by atoms with Gasteiger partial charge in [-0.3, -0.25) is 0 Å². The summed E-state index contributed by atoms with van der Waals surface area (Å²) in [5, 5.41) is 3.64. The van der Waals surface area contributed by atoms with Crippen LogP contribution in [0.2, 0.25) is 0 Å². The van der Waals surface area contributed by atoms with E-state index in [0.29, 0.717) is 6.04 Å². The fourth-order valence-electron chi connectivity index (χ4n) is 2.47. The summed E-state index contributed by atoms with van der Waals surface area (Å²) < 4.78 is 0. The molecule has 1 unspecified atom stereocenters. The minimum Gasteiger partial charge on any atom is -0.310 e. The van der Waals surface area contributed by atoms with Crippen LogP contribution in [-0.2, 0) is 6.42 Å². The van der Waals surface area contributed by atoms with Gasteiger partial charge in [-0.15, -0.1) is 0 Å². The number of rotatable bonds is 4. The first kappa shape index (κ1) is 11.4. The second-order valence-corrected chi connectivity index (χ2v) is 4.61. The maximum Gasteiger partial charge on any atom is 0.0326 e. The molecule has 2 rings (SSSR count). The standard InChI is InChI=1S/C15H21N/c1-3-4-5-10-16-15-9-7-13-11-12(2)6-8-14(13)15/h3-4,6,8,11,15-16H,5,7,9-10H2,1-2H3/b4-3+. The fraction of sp³-hybridized carbons (Fsp3) is 0.467. The zero-order valence-corrected chi connectivity index (χ0v) is 10.3. The van der Waals surface area contributed by atoms with Crippen LogP contribution in [0.5, 0.6) is 0 Å². The van der Waals surface area contributed by atoms with Gasteiger partial charge in [0.2, 0.25) is 0 Å². The predicted octanol–water partition coefficient (Wildman–Crippen LogP) is 3.54. The lowest BCUT2D eigenvalue weighted by Crippen LogP contribution is -2.19. The van der Waals surface area contributed by atoms with Gasteiger partial charge in [-0.2, -0.15) is 0 Å². The number of hydrogen-bond acceptors (Lipinski definition) is 1. The maximum atomic E-state index is 3.64. The molecule has 1 aromatic carbocycles. The van der Waals surface area contributed by atoms with Gasteiger partial charge in [0.1, 0.15) is 0 Å². The Morgan fingerprint density at radius 3 is 3.12 bits per heavy atom. The highest BCUT2D eigenvalue weighted by molar-refractivity contribution is 5.37. The van der Waals surface area contributed by atoms with Crippen LogP contribution in [0.25, 0.3) is 0 Å². The smallest absolute Gasteiger partial charge is 0.0326 e. The molecule has 1 heteroatoms. The van der Waals surface area contributed by atoms with Crippen LogP contribution in [0.4, 0.5) is 0 Å². The summed E-state index contributed by atoms with van der Waals surface area (Å²) >= 11 is 0. The number of allylic oxidation sites excluding steroid dienone is 1. The molecule has 1 N–H and O–H groups in total. The highest BCUT2D eigenvalue weighted by Gasteiger charge is 2.21. The van der Waals surface area contributed by atoms with Crippen molar-refractivity contribution in [3.8, 4) is 0 Å². The molecule has 0 amide bonds. The molecule has 0 heterocycles. The van der Waals surface area contributed by atoms with Crippen molar-refractivity contribution in [2.24, 2.45) is 0 Å². The van der Waals surface area contributed by atoms with Gasteiger partial charge in [0, 0.05) is 6.04 Å². The molecule has 1 aromatic rings. The van der Waals surface area contributed by atoms with E-state index < -0.39 is 0 Å². The SMILES string of the molecule is C/C=C/CCNC1CCc2cc(C)ccc21. The van der Waals surface area contributed by atoms with E-state index >= 15 is 0 Å². The summed E-state index contributed by atoms with van der Waals surface area (Å²) in [5.41, 5.74) is 4.45. The predicted molar refractivity (Wildman–Crippen MR) is 69.7 cm³/mol. The molecule has 1 atom stereocenters. The molecule has 0 bridgehead atoms. The van der Waals surface area contributed by atoms with Crippen molar-refractivity contribution in [3.63, 3.8) is 0 Å². The van der Waals surface area contributed by atoms with Gasteiger partial charge in [-0.25, -0.2) is 0 Å². The molecule has 0 aromatic heterocycles. The summed E-state index contributed by atoms with van der Waals surface area (Å²) in [7, 11) is 0. The quantitative estimate of drug-likeness (QED) is 0.598. The molecule has 0 saturated heterocycles. The minimum absolute atomic E-state index is 0.584. The Labute approximate surface area is 98.6 Å². The van der Waals surface area contributed by atoms with Crippen LogP contribution in [0.15, 0.2) is 30.4 Å². The van der Waals surface area contributed by atoms with Gasteiger partial charge < -0.3 is 5.32 Å². The third kappa shape index (κ3) is 2.53. The first-order valence-electron chi connectivity index (χ1n) is 6.25. The van der Waals surface area contributed by atoms with E-state index in [2.05, 4.69) is 49.5 Å². The number of benzene rings is 1. The molecule has 0 saturated carbocycles. The minimum atomic E-state index is 0.584. The van der Waals surface area contributed by atoms with Crippen LogP contribution in [0.3, 0.4) is 0 Å². The lowest BCUT2D eigenvalue weighted by atomic mass is 10.1. The highest BCUT2D eigenvalue weighted by Crippen LogP contribution is 2.31. The van der Waals surface area contributed by atoms with Gasteiger partial charge in [0.25, 0.3) is 0 Å². The van der Waals surface area contributed by atoms with E-state index in [1.807, 2.05) is 0 Å². The van der Waals surface area contributed by atoms with E-state index in [9.17, 15) is 0 Å². The molecule has 1 nitrogen and oxygen atoms in total. The van der Waals surface area contributed by atoms with E-state index in [1.165, 1.54) is 24.0 Å². The van der Waals surface area contributed by atoms with Crippen molar-refractivity contribution in [2.45, 2.75) is 39.2 Å². The lowest BCUT2D eigenvalue weighted by molar-refractivity contribution is 0.536. The Balaban J connectivity index is 1.95. The Morgan fingerprint density at radius 2 is 2.31 bits per heavy atom. The van der Waals surface area contributed by atoms with Crippen LogP contribution < -0.4 is 5.32 Å². The molecule has 0 spiro atoms. The van der Waals surface area contributed by atoms with Gasteiger partial charge in [0.15, 0.2) is 0 Å². The highest BCUT2D eigenvalue weighted by atomic mass is 14.9. The summed E-state index contributed by atoms with van der Waals surface area (Å²) in [6, 6.07) is 7.44.